The largest absolute Gasteiger partial charge is 0.493 e. The van der Waals surface area contributed by atoms with E-state index in [0.29, 0.717) is 5.56 Å². The van der Waals surface area contributed by atoms with Gasteiger partial charge in [-0.05, 0) is 48.0 Å². The first-order valence-electron chi connectivity index (χ1n) is 8.17. The van der Waals surface area contributed by atoms with Crippen molar-refractivity contribution < 1.29 is 41.7 Å². The fourth-order valence-corrected chi connectivity index (χ4v) is 2.14. The maximum absolute atomic E-state index is 12.5. The number of ether oxygens (including phenoxy) is 4. The number of methoxy groups -OCH3 is 2. The quantitative estimate of drug-likeness (QED) is 0.392. The fourth-order valence-electron chi connectivity index (χ4n) is 2.14. The van der Waals surface area contributed by atoms with Gasteiger partial charge in [0, 0.05) is 6.08 Å². The first-order chi connectivity index (χ1) is 13.7. The molecule has 2 rings (SSSR count). The highest BCUT2D eigenvalue weighted by Gasteiger charge is 2.30. The van der Waals surface area contributed by atoms with Crippen molar-refractivity contribution in [1.82, 2.24) is 0 Å². The Labute approximate surface area is 164 Å². The van der Waals surface area contributed by atoms with Gasteiger partial charge in [-0.2, -0.15) is 13.2 Å². The Kier molecular flexibility index (Phi) is 7.24. The second kappa shape index (κ2) is 9.63. The molecule has 0 atom stereocenters. The molecule has 0 aliphatic carbocycles. The highest BCUT2D eigenvalue weighted by Crippen LogP contribution is 2.31. The zero-order chi connectivity index (χ0) is 21.4. The molecule has 0 fully saturated rings. The maximum atomic E-state index is 12.5. The number of carbonyl (C=O) groups is 2. The van der Waals surface area contributed by atoms with E-state index < -0.39 is 30.3 Å². The molecule has 0 heterocycles. The number of alkyl halides is 3. The van der Waals surface area contributed by atoms with Crippen molar-refractivity contribution in [2.75, 3.05) is 20.8 Å². The summed E-state index contributed by atoms with van der Waals surface area (Å²) in [5, 5.41) is 0. The number of carbonyl (C=O) groups excluding carboxylic acids is 2. The minimum absolute atomic E-state index is 0.0882. The maximum Gasteiger partial charge on any atom is 0.416 e. The van der Waals surface area contributed by atoms with Crippen LogP contribution in [0.15, 0.2) is 48.5 Å². The Hall–Kier alpha value is -3.49. The number of hydrogen-bond acceptors (Lipinski definition) is 6. The fraction of sp³-hybridized carbons (Fsp3) is 0.200. The third kappa shape index (κ3) is 6.56. The Balaban J connectivity index is 1.97. The van der Waals surface area contributed by atoms with Crippen LogP contribution in [0.3, 0.4) is 0 Å². The Bertz CT molecular complexity index is 888. The zero-order valence-corrected chi connectivity index (χ0v) is 15.5. The lowest BCUT2D eigenvalue weighted by Gasteiger charge is -2.11. The highest BCUT2D eigenvalue weighted by atomic mass is 19.4. The molecule has 0 aromatic heterocycles. The summed E-state index contributed by atoms with van der Waals surface area (Å²) >= 11 is 0. The van der Waals surface area contributed by atoms with Crippen LogP contribution < -0.4 is 14.2 Å². The average molecular weight is 410 g/mol. The SMILES string of the molecule is COC(=O)/C=C\c1ccc(OC(=O)COc2ccc(C(F)(F)F)cc2)c(OC)c1. The minimum Gasteiger partial charge on any atom is -0.493 e. The second-order valence-electron chi connectivity index (χ2n) is 5.55. The topological polar surface area (TPSA) is 71.1 Å². The molecule has 0 unspecified atom stereocenters. The van der Waals surface area contributed by atoms with Crippen LogP contribution in [0.25, 0.3) is 6.08 Å². The Morgan fingerprint density at radius 1 is 1.00 bits per heavy atom. The van der Waals surface area contributed by atoms with Crippen molar-refractivity contribution in [2.45, 2.75) is 6.18 Å². The normalized spacial score (nSPS) is 11.2. The van der Waals surface area contributed by atoms with Gasteiger partial charge in [-0.25, -0.2) is 9.59 Å². The predicted octanol–water partition coefficient (Wildman–Crippen LogP) is 3.88. The predicted molar refractivity (Wildman–Crippen MR) is 96.6 cm³/mol. The molecule has 0 saturated heterocycles. The monoisotopic (exact) mass is 410 g/mol. The van der Waals surface area contributed by atoms with Gasteiger partial charge in [0.25, 0.3) is 0 Å². The van der Waals surface area contributed by atoms with Crippen LogP contribution in [0, 0.1) is 0 Å². The lowest BCUT2D eigenvalue weighted by atomic mass is 10.2. The van der Waals surface area contributed by atoms with Crippen LogP contribution in [0.1, 0.15) is 11.1 Å². The molecule has 6 nitrogen and oxygen atoms in total. The van der Waals surface area contributed by atoms with Gasteiger partial charge in [-0.15, -0.1) is 0 Å². The van der Waals surface area contributed by atoms with Crippen LogP contribution in [0.2, 0.25) is 0 Å². The van der Waals surface area contributed by atoms with E-state index in [0.717, 1.165) is 24.3 Å². The summed E-state index contributed by atoms with van der Waals surface area (Å²) in [7, 11) is 2.63. The van der Waals surface area contributed by atoms with Gasteiger partial charge in [-0.3, -0.25) is 0 Å². The first-order valence-corrected chi connectivity index (χ1v) is 8.17. The van der Waals surface area contributed by atoms with Crippen molar-refractivity contribution in [2.24, 2.45) is 0 Å². The van der Waals surface area contributed by atoms with E-state index in [-0.39, 0.29) is 17.2 Å². The van der Waals surface area contributed by atoms with Gasteiger partial charge in [0.05, 0.1) is 19.8 Å². The van der Waals surface area contributed by atoms with Crippen LogP contribution in [0.5, 0.6) is 17.2 Å². The van der Waals surface area contributed by atoms with Gasteiger partial charge in [0.1, 0.15) is 5.75 Å². The summed E-state index contributed by atoms with van der Waals surface area (Å²) in [6, 6.07) is 8.51. The third-order valence-corrected chi connectivity index (χ3v) is 3.56. The van der Waals surface area contributed by atoms with E-state index in [2.05, 4.69) is 4.74 Å². The summed E-state index contributed by atoms with van der Waals surface area (Å²) in [6.45, 7) is -0.515. The van der Waals surface area contributed by atoms with Crippen molar-refractivity contribution in [1.29, 1.82) is 0 Å². The van der Waals surface area contributed by atoms with Crippen LogP contribution >= 0.6 is 0 Å². The zero-order valence-electron chi connectivity index (χ0n) is 15.5. The number of rotatable bonds is 7. The standard InChI is InChI=1S/C20H17F3O6/c1-26-17-11-13(4-10-18(24)27-2)3-9-16(17)29-19(25)12-28-15-7-5-14(6-8-15)20(21,22)23/h3-11H,12H2,1-2H3/b10-4-. The van der Waals surface area contributed by atoms with E-state index in [1.54, 1.807) is 12.1 Å². The Morgan fingerprint density at radius 2 is 1.69 bits per heavy atom. The van der Waals surface area contributed by atoms with E-state index in [1.165, 1.54) is 32.4 Å². The molecular weight excluding hydrogens is 393 g/mol. The van der Waals surface area contributed by atoms with E-state index in [4.69, 9.17) is 14.2 Å². The van der Waals surface area contributed by atoms with Crippen molar-refractivity contribution in [3.05, 3.63) is 59.7 Å². The summed E-state index contributed by atoms with van der Waals surface area (Å²) in [6.07, 6.45) is -1.74. The molecule has 0 saturated carbocycles. The lowest BCUT2D eigenvalue weighted by Crippen LogP contribution is -2.18. The molecule has 0 radical (unpaired) electrons. The van der Waals surface area contributed by atoms with Gasteiger partial charge < -0.3 is 18.9 Å². The molecule has 2 aromatic carbocycles. The Morgan fingerprint density at radius 3 is 2.28 bits per heavy atom. The molecule has 2 aromatic rings. The average Bonchev–Trinajstić information content (AvgIpc) is 2.70. The second-order valence-corrected chi connectivity index (χ2v) is 5.55. The van der Waals surface area contributed by atoms with Crippen molar-refractivity contribution >= 4 is 18.0 Å². The molecule has 0 bridgehead atoms. The smallest absolute Gasteiger partial charge is 0.416 e. The van der Waals surface area contributed by atoms with Crippen LogP contribution in [-0.2, 0) is 20.5 Å². The summed E-state index contributed by atoms with van der Waals surface area (Å²) in [5.74, 6) is -0.866. The van der Waals surface area contributed by atoms with Gasteiger partial charge in [-0.1, -0.05) is 6.07 Å². The lowest BCUT2D eigenvalue weighted by molar-refractivity contribution is -0.138. The van der Waals surface area contributed by atoms with Gasteiger partial charge >= 0.3 is 18.1 Å². The van der Waals surface area contributed by atoms with Crippen molar-refractivity contribution in [3.63, 3.8) is 0 Å². The van der Waals surface area contributed by atoms with Crippen molar-refractivity contribution in [3.8, 4) is 17.2 Å². The molecule has 154 valence electrons. The van der Waals surface area contributed by atoms with E-state index in [1.807, 2.05) is 0 Å². The van der Waals surface area contributed by atoms with Crippen LogP contribution in [0.4, 0.5) is 13.2 Å². The highest BCUT2D eigenvalue weighted by molar-refractivity contribution is 5.87. The first kappa shape index (κ1) is 21.8. The molecule has 0 aliphatic rings. The minimum atomic E-state index is -4.45. The van der Waals surface area contributed by atoms with Gasteiger partial charge in [0.2, 0.25) is 0 Å². The molecule has 0 amide bonds. The van der Waals surface area contributed by atoms with Gasteiger partial charge in [0.15, 0.2) is 18.1 Å². The molecule has 29 heavy (non-hydrogen) atoms. The number of benzene rings is 2. The van der Waals surface area contributed by atoms with E-state index in [9.17, 15) is 22.8 Å². The molecule has 0 aliphatic heterocycles. The van der Waals surface area contributed by atoms with E-state index >= 15 is 0 Å². The molecular formula is C20H17F3O6. The molecule has 9 heteroatoms. The summed E-state index contributed by atoms with van der Waals surface area (Å²) < 4.78 is 57.5. The number of esters is 2. The summed E-state index contributed by atoms with van der Waals surface area (Å²) in [4.78, 5) is 23.1. The van der Waals surface area contributed by atoms with Crippen LogP contribution in [-0.4, -0.2) is 32.8 Å². The third-order valence-electron chi connectivity index (χ3n) is 3.56. The molecule has 0 spiro atoms. The molecule has 0 N–H and O–H groups in total. The number of hydrogen-bond donors (Lipinski definition) is 0. The number of halogens is 3. The summed E-state index contributed by atoms with van der Waals surface area (Å²) in [5.41, 5.74) is -0.216.